The lowest BCUT2D eigenvalue weighted by Crippen LogP contribution is -2.34. The molecule has 7 nitrogen and oxygen atoms in total. The van der Waals surface area contributed by atoms with E-state index in [2.05, 4.69) is 60.2 Å². The molecule has 2 aliphatic rings. The van der Waals surface area contributed by atoms with E-state index in [4.69, 9.17) is 10.1 Å². The first kappa shape index (κ1) is 21.9. The maximum Gasteiger partial charge on any atom is 0.158 e. The highest BCUT2D eigenvalue weighted by Crippen LogP contribution is 2.41. The number of nitrogens with one attached hydrogen (secondary N) is 1. The number of thiazole rings is 1. The zero-order chi connectivity index (χ0) is 23.4. The van der Waals surface area contributed by atoms with E-state index in [-0.39, 0.29) is 0 Å². The second-order valence-electron chi connectivity index (χ2n) is 10.4. The lowest BCUT2D eigenvalue weighted by atomic mass is 9.94. The van der Waals surface area contributed by atoms with E-state index in [1.807, 2.05) is 15.9 Å². The molecule has 0 amide bonds. The third-order valence-corrected chi connectivity index (χ3v) is 8.87. The summed E-state index contributed by atoms with van der Waals surface area (Å²) in [6.45, 7) is 12.5. The summed E-state index contributed by atoms with van der Waals surface area (Å²) in [5, 5.41) is 13.6. The molecule has 1 aliphatic carbocycles. The molecule has 0 unspecified atom stereocenters. The summed E-state index contributed by atoms with van der Waals surface area (Å²) in [6.07, 6.45) is 11.1. The van der Waals surface area contributed by atoms with Crippen LogP contribution in [0.15, 0.2) is 18.7 Å². The van der Waals surface area contributed by atoms with Crippen LogP contribution in [-0.4, -0.2) is 54.3 Å². The number of H-pyrrole nitrogens is 1. The van der Waals surface area contributed by atoms with Crippen LogP contribution in [0.25, 0.3) is 27.6 Å². The van der Waals surface area contributed by atoms with Gasteiger partial charge in [-0.05, 0) is 81.5 Å². The fourth-order valence-corrected chi connectivity index (χ4v) is 6.47. The molecule has 8 heteroatoms. The predicted molar refractivity (Wildman–Crippen MR) is 136 cm³/mol. The zero-order valence-electron chi connectivity index (χ0n) is 20.5. The van der Waals surface area contributed by atoms with E-state index in [1.54, 1.807) is 6.33 Å². The maximum absolute atomic E-state index is 4.87. The van der Waals surface area contributed by atoms with E-state index >= 15 is 0 Å². The van der Waals surface area contributed by atoms with Crippen LogP contribution in [0.5, 0.6) is 0 Å². The molecule has 0 atom stereocenters. The molecular formula is C26H33N7S. The van der Waals surface area contributed by atoms with Gasteiger partial charge in [0.1, 0.15) is 17.0 Å². The van der Waals surface area contributed by atoms with Gasteiger partial charge in [-0.1, -0.05) is 13.8 Å². The number of likely N-dealkylation sites (tertiary alicyclic amines) is 1. The number of rotatable bonds is 6. The molecule has 0 bridgehead atoms. The lowest BCUT2D eigenvalue weighted by molar-refractivity contribution is 0.205. The van der Waals surface area contributed by atoms with Gasteiger partial charge in [0, 0.05) is 34.9 Å². The number of hydrogen-bond acceptors (Lipinski definition) is 6. The van der Waals surface area contributed by atoms with Crippen LogP contribution >= 0.6 is 11.3 Å². The van der Waals surface area contributed by atoms with Gasteiger partial charge in [0.15, 0.2) is 5.65 Å². The minimum absolute atomic E-state index is 0.313. The van der Waals surface area contributed by atoms with Crippen LogP contribution in [0.2, 0.25) is 0 Å². The highest BCUT2D eigenvalue weighted by Gasteiger charge is 2.29. The molecule has 178 valence electrons. The molecule has 0 radical (unpaired) electrons. The van der Waals surface area contributed by atoms with Crippen LogP contribution in [-0.2, 0) is 0 Å². The molecule has 1 N–H and O–H groups in total. The number of aryl methyl sites for hydroxylation is 1. The molecule has 5 heterocycles. The van der Waals surface area contributed by atoms with Crippen molar-refractivity contribution in [2.75, 3.05) is 19.6 Å². The normalized spacial score (nSPS) is 17.9. The van der Waals surface area contributed by atoms with Gasteiger partial charge in [0.2, 0.25) is 0 Å². The van der Waals surface area contributed by atoms with Gasteiger partial charge < -0.3 is 4.90 Å². The molecule has 4 aromatic rings. The number of piperidine rings is 1. The van der Waals surface area contributed by atoms with Crippen molar-refractivity contribution in [2.45, 2.75) is 65.2 Å². The highest BCUT2D eigenvalue weighted by molar-refractivity contribution is 7.15. The summed E-state index contributed by atoms with van der Waals surface area (Å²) < 4.78 is 1.86. The van der Waals surface area contributed by atoms with Gasteiger partial charge in [-0.2, -0.15) is 10.2 Å². The third kappa shape index (κ3) is 3.86. The Morgan fingerprint density at radius 3 is 2.62 bits per heavy atom. The average molecular weight is 476 g/mol. The SMILES string of the molecule is Cc1c(-c2[nH]nc(-c3ncc(C4CCN(CC5CC5)CC4)s3)c2C(C)C)cn2ncnc2c1C. The predicted octanol–water partition coefficient (Wildman–Crippen LogP) is 5.57. The van der Waals surface area contributed by atoms with Crippen LogP contribution in [0.4, 0.5) is 0 Å². The van der Waals surface area contributed by atoms with Gasteiger partial charge in [-0.3, -0.25) is 5.10 Å². The van der Waals surface area contributed by atoms with Gasteiger partial charge in [0.05, 0.1) is 5.69 Å². The van der Waals surface area contributed by atoms with E-state index in [1.165, 1.54) is 61.3 Å². The number of hydrogen-bond donors (Lipinski definition) is 1. The second-order valence-corrected chi connectivity index (χ2v) is 11.5. The minimum atomic E-state index is 0.313. The van der Waals surface area contributed by atoms with Crippen molar-refractivity contribution in [3.8, 4) is 22.0 Å². The quantitative estimate of drug-likeness (QED) is 0.394. The number of aromatic nitrogens is 6. The van der Waals surface area contributed by atoms with Crippen molar-refractivity contribution in [3.63, 3.8) is 0 Å². The molecule has 34 heavy (non-hydrogen) atoms. The topological polar surface area (TPSA) is 75.0 Å². The van der Waals surface area contributed by atoms with Crippen molar-refractivity contribution in [1.82, 2.24) is 34.7 Å². The largest absolute Gasteiger partial charge is 0.303 e. The Kier molecular flexibility index (Phi) is 5.53. The summed E-state index contributed by atoms with van der Waals surface area (Å²) in [4.78, 5) is 13.4. The van der Waals surface area contributed by atoms with E-state index < -0.39 is 0 Å². The Labute approximate surface area is 204 Å². The summed E-state index contributed by atoms with van der Waals surface area (Å²) in [5.74, 6) is 1.92. The van der Waals surface area contributed by atoms with Crippen molar-refractivity contribution < 1.29 is 0 Å². The maximum atomic E-state index is 4.87. The zero-order valence-corrected chi connectivity index (χ0v) is 21.3. The second kappa shape index (κ2) is 8.57. The summed E-state index contributed by atoms with van der Waals surface area (Å²) in [6, 6.07) is 0. The van der Waals surface area contributed by atoms with Crippen molar-refractivity contribution >= 4 is 17.0 Å². The van der Waals surface area contributed by atoms with Gasteiger partial charge in [-0.15, -0.1) is 11.3 Å². The highest BCUT2D eigenvalue weighted by atomic mass is 32.1. The van der Waals surface area contributed by atoms with E-state index in [9.17, 15) is 0 Å². The Morgan fingerprint density at radius 2 is 1.88 bits per heavy atom. The summed E-state index contributed by atoms with van der Waals surface area (Å²) >= 11 is 1.83. The molecule has 6 rings (SSSR count). The molecule has 1 saturated heterocycles. The number of nitrogens with zero attached hydrogens (tertiary/aromatic N) is 6. The fourth-order valence-electron chi connectivity index (χ4n) is 5.39. The smallest absolute Gasteiger partial charge is 0.158 e. The summed E-state index contributed by atoms with van der Waals surface area (Å²) in [5.41, 5.74) is 7.65. The molecular weight excluding hydrogens is 442 g/mol. The van der Waals surface area contributed by atoms with Gasteiger partial charge in [-0.25, -0.2) is 14.5 Å². The van der Waals surface area contributed by atoms with Crippen LogP contribution < -0.4 is 0 Å². The Morgan fingerprint density at radius 1 is 1.09 bits per heavy atom. The molecule has 0 aromatic carbocycles. The Hall–Kier alpha value is -2.58. The van der Waals surface area contributed by atoms with Crippen molar-refractivity contribution in [1.29, 1.82) is 0 Å². The molecule has 1 saturated carbocycles. The van der Waals surface area contributed by atoms with Crippen LogP contribution in [0.3, 0.4) is 0 Å². The van der Waals surface area contributed by atoms with E-state index in [0.29, 0.717) is 11.8 Å². The van der Waals surface area contributed by atoms with Crippen molar-refractivity contribution in [2.24, 2.45) is 5.92 Å². The first-order chi connectivity index (χ1) is 16.5. The third-order valence-electron chi connectivity index (χ3n) is 7.71. The molecule has 4 aromatic heterocycles. The lowest BCUT2D eigenvalue weighted by Gasteiger charge is -2.31. The average Bonchev–Trinajstić information content (AvgIpc) is 3.23. The van der Waals surface area contributed by atoms with Crippen LogP contribution in [0.1, 0.15) is 72.9 Å². The number of aromatic amines is 1. The standard InChI is InChI=1S/C26H33N7S/c1-15(2)22-23(20-13-33-25(28-14-29-33)17(4)16(20)3)30-31-24(22)26-27-11-21(34-26)19-7-9-32(10-8-19)12-18-5-6-18/h11,13-15,18-19H,5-10,12H2,1-4H3,(H,30,31). The minimum Gasteiger partial charge on any atom is -0.303 e. The van der Waals surface area contributed by atoms with Gasteiger partial charge >= 0.3 is 0 Å². The summed E-state index contributed by atoms with van der Waals surface area (Å²) in [7, 11) is 0. The van der Waals surface area contributed by atoms with Gasteiger partial charge in [0.25, 0.3) is 0 Å². The Balaban J connectivity index is 1.30. The van der Waals surface area contributed by atoms with E-state index in [0.717, 1.165) is 39.1 Å². The molecule has 1 aliphatic heterocycles. The first-order valence-electron chi connectivity index (χ1n) is 12.6. The molecule has 0 spiro atoms. The monoisotopic (exact) mass is 475 g/mol. The van der Waals surface area contributed by atoms with Crippen LogP contribution in [0, 0.1) is 19.8 Å². The first-order valence-corrected chi connectivity index (χ1v) is 13.4. The Bertz CT molecular complexity index is 1320. The fraction of sp³-hybridized carbons (Fsp3) is 0.538. The number of pyridine rings is 1. The molecule has 2 fully saturated rings. The van der Waals surface area contributed by atoms with Crippen molar-refractivity contribution in [3.05, 3.63) is 40.3 Å². The number of fused-ring (bicyclic) bond motifs is 1.